The minimum atomic E-state index is -0.238. The minimum Gasteiger partial charge on any atom is -0.454 e. The van der Waals surface area contributed by atoms with Crippen molar-refractivity contribution >= 4 is 17.5 Å². The maximum atomic E-state index is 11.7. The summed E-state index contributed by atoms with van der Waals surface area (Å²) in [5.74, 6) is 0.637. The number of hydrogen-bond donors (Lipinski definition) is 1. The SMILES string of the molecule is CC(Cl)c1ccc(C(=O)NCCn2ccnc2)o1. The van der Waals surface area contributed by atoms with Crippen LogP contribution in [0.2, 0.25) is 0 Å². The predicted octanol–water partition coefficient (Wildman–Crippen LogP) is 2.21. The van der Waals surface area contributed by atoms with Gasteiger partial charge in [0.25, 0.3) is 5.91 Å². The molecule has 0 spiro atoms. The Morgan fingerprint density at radius 3 is 3.06 bits per heavy atom. The highest BCUT2D eigenvalue weighted by atomic mass is 35.5. The molecule has 1 unspecified atom stereocenters. The Kier molecular flexibility index (Phi) is 4.04. The first-order valence-electron chi connectivity index (χ1n) is 5.64. The summed E-state index contributed by atoms with van der Waals surface area (Å²) in [4.78, 5) is 15.7. The van der Waals surface area contributed by atoms with Crippen LogP contribution >= 0.6 is 11.6 Å². The number of nitrogens with one attached hydrogen (secondary N) is 1. The number of imidazole rings is 1. The van der Waals surface area contributed by atoms with Crippen LogP contribution in [0.25, 0.3) is 0 Å². The molecule has 0 fully saturated rings. The fraction of sp³-hybridized carbons (Fsp3) is 0.333. The van der Waals surface area contributed by atoms with Crippen molar-refractivity contribution in [3.05, 3.63) is 42.4 Å². The molecule has 0 aliphatic rings. The molecule has 18 heavy (non-hydrogen) atoms. The van der Waals surface area contributed by atoms with Crippen LogP contribution in [0.3, 0.4) is 0 Å². The molecule has 0 aromatic carbocycles. The summed E-state index contributed by atoms with van der Waals surface area (Å²) in [6.07, 6.45) is 5.24. The van der Waals surface area contributed by atoms with Gasteiger partial charge in [0, 0.05) is 25.5 Å². The van der Waals surface area contributed by atoms with Crippen LogP contribution in [0.15, 0.2) is 35.3 Å². The number of amides is 1. The van der Waals surface area contributed by atoms with E-state index in [-0.39, 0.29) is 17.0 Å². The van der Waals surface area contributed by atoms with Crippen LogP contribution in [0, 0.1) is 0 Å². The number of furan rings is 1. The molecule has 1 amide bonds. The number of nitrogens with zero attached hydrogens (tertiary/aromatic N) is 2. The van der Waals surface area contributed by atoms with Gasteiger partial charge in [0.15, 0.2) is 5.76 Å². The zero-order valence-corrected chi connectivity index (χ0v) is 10.7. The maximum Gasteiger partial charge on any atom is 0.287 e. The van der Waals surface area contributed by atoms with Crippen molar-refractivity contribution in [2.24, 2.45) is 0 Å². The maximum absolute atomic E-state index is 11.7. The molecule has 6 heteroatoms. The van der Waals surface area contributed by atoms with E-state index >= 15 is 0 Å². The summed E-state index contributed by atoms with van der Waals surface area (Å²) in [6, 6.07) is 3.34. The smallest absolute Gasteiger partial charge is 0.287 e. The average molecular weight is 268 g/mol. The van der Waals surface area contributed by atoms with Gasteiger partial charge in [-0.25, -0.2) is 4.98 Å². The Hall–Kier alpha value is -1.75. The minimum absolute atomic E-state index is 0.237. The van der Waals surface area contributed by atoms with Gasteiger partial charge in [-0.05, 0) is 19.1 Å². The van der Waals surface area contributed by atoms with E-state index in [1.165, 1.54) is 0 Å². The lowest BCUT2D eigenvalue weighted by atomic mass is 10.3. The van der Waals surface area contributed by atoms with E-state index in [0.29, 0.717) is 18.8 Å². The first-order valence-corrected chi connectivity index (χ1v) is 6.08. The highest BCUT2D eigenvalue weighted by Gasteiger charge is 2.12. The third-order valence-electron chi connectivity index (χ3n) is 2.46. The Labute approximate surface area is 110 Å². The molecule has 0 radical (unpaired) electrons. The molecule has 2 aromatic heterocycles. The van der Waals surface area contributed by atoms with Crippen molar-refractivity contribution in [2.75, 3.05) is 6.54 Å². The first-order chi connectivity index (χ1) is 8.66. The zero-order valence-electron chi connectivity index (χ0n) is 9.97. The second-order valence-corrected chi connectivity index (χ2v) is 4.53. The van der Waals surface area contributed by atoms with Crippen LogP contribution in [0.1, 0.15) is 28.6 Å². The number of hydrogen-bond acceptors (Lipinski definition) is 3. The summed E-state index contributed by atoms with van der Waals surface area (Å²) in [6.45, 7) is 2.98. The van der Waals surface area contributed by atoms with Gasteiger partial charge in [0.2, 0.25) is 0 Å². The lowest BCUT2D eigenvalue weighted by Crippen LogP contribution is -2.26. The lowest BCUT2D eigenvalue weighted by molar-refractivity contribution is 0.0923. The molecule has 5 nitrogen and oxygen atoms in total. The fourth-order valence-corrected chi connectivity index (χ4v) is 1.61. The summed E-state index contributed by atoms with van der Waals surface area (Å²) >= 11 is 5.86. The van der Waals surface area contributed by atoms with E-state index in [2.05, 4.69) is 10.3 Å². The van der Waals surface area contributed by atoms with E-state index in [4.69, 9.17) is 16.0 Å². The predicted molar refractivity (Wildman–Crippen MR) is 67.5 cm³/mol. The molecule has 0 bridgehead atoms. The van der Waals surface area contributed by atoms with E-state index in [9.17, 15) is 4.79 Å². The van der Waals surface area contributed by atoms with Gasteiger partial charge in [0.1, 0.15) is 5.76 Å². The van der Waals surface area contributed by atoms with Crippen LogP contribution in [0.4, 0.5) is 0 Å². The topological polar surface area (TPSA) is 60.1 Å². The van der Waals surface area contributed by atoms with Gasteiger partial charge in [-0.15, -0.1) is 11.6 Å². The summed E-state index contributed by atoms with van der Waals surface area (Å²) in [5, 5.41) is 2.53. The van der Waals surface area contributed by atoms with Crippen molar-refractivity contribution in [3.8, 4) is 0 Å². The van der Waals surface area contributed by atoms with Gasteiger partial charge in [0.05, 0.1) is 11.7 Å². The van der Waals surface area contributed by atoms with Gasteiger partial charge in [-0.2, -0.15) is 0 Å². The van der Waals surface area contributed by atoms with E-state index in [0.717, 1.165) is 0 Å². The molecule has 0 saturated carbocycles. The van der Waals surface area contributed by atoms with Gasteiger partial charge in [-0.1, -0.05) is 0 Å². The molecular weight excluding hydrogens is 254 g/mol. The molecular formula is C12H14ClN3O2. The number of carbonyl (C=O) groups excluding carboxylic acids is 1. The average Bonchev–Trinajstić information content (AvgIpc) is 2.99. The Morgan fingerprint density at radius 1 is 1.61 bits per heavy atom. The van der Waals surface area contributed by atoms with Gasteiger partial charge in [-0.3, -0.25) is 4.79 Å². The van der Waals surface area contributed by atoms with Crippen LogP contribution in [-0.4, -0.2) is 22.0 Å². The standard InChI is InChI=1S/C12H14ClN3O2/c1-9(13)10-2-3-11(18-10)12(17)15-5-7-16-6-4-14-8-16/h2-4,6,8-9H,5,7H2,1H3,(H,15,17). The summed E-state index contributed by atoms with van der Waals surface area (Å²) in [5.41, 5.74) is 0. The van der Waals surface area contributed by atoms with Crippen molar-refractivity contribution < 1.29 is 9.21 Å². The highest BCUT2D eigenvalue weighted by Crippen LogP contribution is 2.21. The fourth-order valence-electron chi connectivity index (χ4n) is 1.49. The number of aromatic nitrogens is 2. The zero-order chi connectivity index (χ0) is 13.0. The third-order valence-corrected chi connectivity index (χ3v) is 2.67. The molecule has 0 aliphatic carbocycles. The van der Waals surface area contributed by atoms with Gasteiger partial charge >= 0.3 is 0 Å². The molecule has 2 heterocycles. The monoisotopic (exact) mass is 267 g/mol. The van der Waals surface area contributed by atoms with E-state index in [1.54, 1.807) is 31.6 Å². The number of alkyl halides is 1. The molecule has 0 saturated heterocycles. The Bertz CT molecular complexity index is 505. The molecule has 2 aromatic rings. The van der Waals surface area contributed by atoms with Crippen molar-refractivity contribution in [2.45, 2.75) is 18.8 Å². The number of halogens is 1. The normalized spacial score (nSPS) is 12.3. The van der Waals surface area contributed by atoms with Crippen LogP contribution < -0.4 is 5.32 Å². The van der Waals surface area contributed by atoms with Crippen molar-refractivity contribution in [1.82, 2.24) is 14.9 Å². The first kappa shape index (κ1) is 12.7. The number of rotatable bonds is 5. The van der Waals surface area contributed by atoms with Crippen LogP contribution in [-0.2, 0) is 6.54 Å². The quantitative estimate of drug-likeness (QED) is 0.845. The number of carbonyl (C=O) groups is 1. The van der Waals surface area contributed by atoms with Crippen molar-refractivity contribution in [1.29, 1.82) is 0 Å². The van der Waals surface area contributed by atoms with Crippen molar-refractivity contribution in [3.63, 3.8) is 0 Å². The summed E-state index contributed by atoms with van der Waals surface area (Å²) < 4.78 is 7.22. The third kappa shape index (κ3) is 3.13. The Balaban J connectivity index is 1.83. The molecule has 2 rings (SSSR count). The largest absolute Gasteiger partial charge is 0.454 e. The highest BCUT2D eigenvalue weighted by molar-refractivity contribution is 6.20. The molecule has 1 atom stereocenters. The van der Waals surface area contributed by atoms with Crippen LogP contribution in [0.5, 0.6) is 0 Å². The second-order valence-electron chi connectivity index (χ2n) is 3.87. The molecule has 1 N–H and O–H groups in total. The summed E-state index contributed by atoms with van der Waals surface area (Å²) in [7, 11) is 0. The Morgan fingerprint density at radius 2 is 2.44 bits per heavy atom. The van der Waals surface area contributed by atoms with E-state index < -0.39 is 0 Å². The molecule has 96 valence electrons. The van der Waals surface area contributed by atoms with Gasteiger partial charge < -0.3 is 14.3 Å². The van der Waals surface area contributed by atoms with E-state index in [1.807, 2.05) is 10.8 Å². The molecule has 0 aliphatic heterocycles. The lowest BCUT2D eigenvalue weighted by Gasteiger charge is -2.04. The second kappa shape index (κ2) is 5.73.